The highest BCUT2D eigenvalue weighted by atomic mass is 32.2. The van der Waals surface area contributed by atoms with Crippen LogP contribution in [0, 0.1) is 5.82 Å². The van der Waals surface area contributed by atoms with Gasteiger partial charge in [0.15, 0.2) is 0 Å². The van der Waals surface area contributed by atoms with Crippen molar-refractivity contribution in [2.75, 3.05) is 6.26 Å². The third kappa shape index (κ3) is 4.64. The SMILES string of the molecule is CC(C)c1cc(-c2ccc(F)c(/C=C/c3ccc(S(C)=O)cc3)c2)c2ncccc2c1. The summed E-state index contributed by atoms with van der Waals surface area (Å²) in [5, 5.41) is 1.08. The molecule has 156 valence electrons. The number of fused-ring (bicyclic) bond motifs is 1. The second-order valence-corrected chi connectivity index (χ2v) is 9.27. The maximum Gasteiger partial charge on any atom is 0.130 e. The second kappa shape index (κ2) is 8.94. The summed E-state index contributed by atoms with van der Waals surface area (Å²) in [7, 11) is -1.01. The Bertz CT molecular complexity index is 1290. The van der Waals surface area contributed by atoms with Crippen LogP contribution in [0.25, 0.3) is 34.2 Å². The quantitative estimate of drug-likeness (QED) is 0.318. The van der Waals surface area contributed by atoms with Gasteiger partial charge in [-0.05, 0) is 65.1 Å². The molecule has 4 rings (SSSR count). The minimum atomic E-state index is -1.01. The van der Waals surface area contributed by atoms with E-state index in [1.807, 2.05) is 48.5 Å². The first-order chi connectivity index (χ1) is 14.9. The molecule has 1 unspecified atom stereocenters. The van der Waals surface area contributed by atoms with Crippen molar-refractivity contribution in [2.45, 2.75) is 24.7 Å². The zero-order chi connectivity index (χ0) is 22.0. The molecule has 0 aliphatic carbocycles. The van der Waals surface area contributed by atoms with Crippen molar-refractivity contribution in [3.63, 3.8) is 0 Å². The Hall–Kier alpha value is -3.11. The van der Waals surface area contributed by atoms with Gasteiger partial charge in [-0.2, -0.15) is 0 Å². The Kier molecular flexibility index (Phi) is 6.10. The number of rotatable bonds is 5. The Labute approximate surface area is 184 Å². The molecule has 4 aromatic rings. The Balaban J connectivity index is 1.75. The monoisotopic (exact) mass is 429 g/mol. The van der Waals surface area contributed by atoms with Crippen molar-refractivity contribution >= 4 is 33.9 Å². The van der Waals surface area contributed by atoms with Gasteiger partial charge in [-0.1, -0.05) is 50.3 Å². The van der Waals surface area contributed by atoms with Gasteiger partial charge in [0, 0.05) is 44.7 Å². The van der Waals surface area contributed by atoms with E-state index in [1.165, 1.54) is 11.6 Å². The lowest BCUT2D eigenvalue weighted by Gasteiger charge is -2.13. The molecule has 0 fully saturated rings. The van der Waals surface area contributed by atoms with Crippen LogP contribution >= 0.6 is 0 Å². The molecule has 2 nitrogen and oxygen atoms in total. The van der Waals surface area contributed by atoms with Crippen molar-refractivity contribution in [3.8, 4) is 11.1 Å². The van der Waals surface area contributed by atoms with E-state index in [9.17, 15) is 8.60 Å². The molecule has 1 aromatic heterocycles. The number of hydrogen-bond donors (Lipinski definition) is 0. The summed E-state index contributed by atoms with van der Waals surface area (Å²) in [5.41, 5.74) is 5.52. The largest absolute Gasteiger partial charge is 0.256 e. The standard InChI is InChI=1S/C27H24FNOS/c1-18(2)23-16-22-5-4-14-29-27(22)25(17-23)20-10-13-26(28)21(15-20)9-6-19-7-11-24(12-8-19)31(3)30/h4-18H,1-3H3/b9-6+. The first-order valence-electron chi connectivity index (χ1n) is 10.2. The molecule has 3 aromatic carbocycles. The number of halogens is 1. The summed E-state index contributed by atoms with van der Waals surface area (Å²) >= 11 is 0. The van der Waals surface area contributed by atoms with E-state index >= 15 is 0 Å². The molecule has 0 saturated heterocycles. The fourth-order valence-corrected chi connectivity index (χ4v) is 4.08. The predicted molar refractivity (Wildman–Crippen MR) is 129 cm³/mol. The lowest BCUT2D eigenvalue weighted by molar-refractivity contribution is 0.625. The van der Waals surface area contributed by atoms with Crippen molar-refractivity contribution in [1.82, 2.24) is 4.98 Å². The van der Waals surface area contributed by atoms with E-state index in [1.54, 1.807) is 18.5 Å². The summed E-state index contributed by atoms with van der Waals surface area (Å²) in [5.74, 6) is 0.104. The minimum absolute atomic E-state index is 0.274. The van der Waals surface area contributed by atoms with Crippen molar-refractivity contribution < 1.29 is 8.60 Å². The highest BCUT2D eigenvalue weighted by Crippen LogP contribution is 2.32. The van der Waals surface area contributed by atoms with Crippen LogP contribution in [0.15, 0.2) is 77.8 Å². The van der Waals surface area contributed by atoms with Crippen molar-refractivity contribution in [3.05, 3.63) is 95.4 Å². The molecule has 1 heterocycles. The van der Waals surface area contributed by atoms with Gasteiger partial charge in [0.2, 0.25) is 0 Å². The van der Waals surface area contributed by atoms with Crippen LogP contribution < -0.4 is 0 Å². The van der Waals surface area contributed by atoms with Crippen LogP contribution in [0.3, 0.4) is 0 Å². The molecule has 0 N–H and O–H groups in total. The average Bonchev–Trinajstić information content (AvgIpc) is 2.78. The number of aromatic nitrogens is 1. The maximum absolute atomic E-state index is 14.6. The number of benzene rings is 3. The topological polar surface area (TPSA) is 30.0 Å². The maximum atomic E-state index is 14.6. The number of hydrogen-bond acceptors (Lipinski definition) is 2. The molecular formula is C27H24FNOS. The molecular weight excluding hydrogens is 405 g/mol. The van der Waals surface area contributed by atoms with E-state index in [0.717, 1.165) is 32.5 Å². The summed E-state index contributed by atoms with van der Waals surface area (Å²) in [6.45, 7) is 4.33. The molecule has 1 atom stereocenters. The molecule has 0 aliphatic heterocycles. The number of nitrogens with zero attached hydrogens (tertiary/aromatic N) is 1. The zero-order valence-corrected chi connectivity index (χ0v) is 18.6. The average molecular weight is 430 g/mol. The predicted octanol–water partition coefficient (Wildman–Crippen LogP) is 7.07. The normalized spacial score (nSPS) is 12.7. The van der Waals surface area contributed by atoms with Crippen LogP contribution in [0.2, 0.25) is 0 Å². The van der Waals surface area contributed by atoms with E-state index < -0.39 is 10.8 Å². The first-order valence-corrected chi connectivity index (χ1v) is 11.8. The van der Waals surface area contributed by atoms with Gasteiger partial charge in [-0.25, -0.2) is 4.39 Å². The van der Waals surface area contributed by atoms with Crippen molar-refractivity contribution in [1.29, 1.82) is 0 Å². The molecule has 0 aliphatic rings. The highest BCUT2D eigenvalue weighted by molar-refractivity contribution is 7.84. The van der Waals surface area contributed by atoms with E-state index in [2.05, 4.69) is 37.0 Å². The van der Waals surface area contributed by atoms with Gasteiger partial charge in [-0.3, -0.25) is 9.19 Å². The van der Waals surface area contributed by atoms with Crippen molar-refractivity contribution in [2.24, 2.45) is 0 Å². The molecule has 0 radical (unpaired) electrons. The molecule has 4 heteroatoms. The Morgan fingerprint density at radius 3 is 2.45 bits per heavy atom. The van der Waals surface area contributed by atoms with Gasteiger partial charge < -0.3 is 0 Å². The first kappa shape index (κ1) is 21.1. The third-order valence-electron chi connectivity index (χ3n) is 5.37. The minimum Gasteiger partial charge on any atom is -0.256 e. The van der Waals surface area contributed by atoms with Gasteiger partial charge in [0.1, 0.15) is 5.82 Å². The van der Waals surface area contributed by atoms with Crippen LogP contribution in [0.5, 0.6) is 0 Å². The Morgan fingerprint density at radius 2 is 1.74 bits per heavy atom. The van der Waals surface area contributed by atoms with Crippen LogP contribution in [0.1, 0.15) is 36.5 Å². The van der Waals surface area contributed by atoms with Gasteiger partial charge >= 0.3 is 0 Å². The Morgan fingerprint density at radius 1 is 0.968 bits per heavy atom. The lowest BCUT2D eigenvalue weighted by Crippen LogP contribution is -1.93. The van der Waals surface area contributed by atoms with Gasteiger partial charge in [-0.15, -0.1) is 0 Å². The molecule has 0 saturated carbocycles. The van der Waals surface area contributed by atoms with Crippen LogP contribution in [0.4, 0.5) is 4.39 Å². The van der Waals surface area contributed by atoms with Gasteiger partial charge in [0.25, 0.3) is 0 Å². The van der Waals surface area contributed by atoms with E-state index in [4.69, 9.17) is 0 Å². The fourth-order valence-electron chi connectivity index (χ4n) is 3.56. The summed E-state index contributed by atoms with van der Waals surface area (Å²) < 4.78 is 26.1. The zero-order valence-electron chi connectivity index (χ0n) is 17.8. The summed E-state index contributed by atoms with van der Waals surface area (Å²) in [4.78, 5) is 5.36. The van der Waals surface area contributed by atoms with E-state index in [-0.39, 0.29) is 5.82 Å². The van der Waals surface area contributed by atoms with E-state index in [0.29, 0.717) is 11.5 Å². The van der Waals surface area contributed by atoms with Crippen LogP contribution in [-0.2, 0) is 10.8 Å². The van der Waals surface area contributed by atoms with Crippen LogP contribution in [-0.4, -0.2) is 15.4 Å². The summed E-state index contributed by atoms with van der Waals surface area (Å²) in [6, 6.07) is 21.0. The molecule has 31 heavy (non-hydrogen) atoms. The molecule has 0 bridgehead atoms. The highest BCUT2D eigenvalue weighted by Gasteiger charge is 2.11. The second-order valence-electron chi connectivity index (χ2n) is 7.89. The lowest BCUT2D eigenvalue weighted by atomic mass is 9.93. The summed E-state index contributed by atoms with van der Waals surface area (Å²) in [6.07, 6.45) is 7.08. The molecule has 0 amide bonds. The fraction of sp³-hybridized carbons (Fsp3) is 0.148. The molecule has 0 spiro atoms. The number of pyridine rings is 1. The smallest absolute Gasteiger partial charge is 0.130 e. The van der Waals surface area contributed by atoms with Gasteiger partial charge in [0.05, 0.1) is 5.52 Å². The third-order valence-corrected chi connectivity index (χ3v) is 6.30.